The lowest BCUT2D eigenvalue weighted by Gasteiger charge is -2.14. The van der Waals surface area contributed by atoms with Crippen LogP contribution in [0.4, 0.5) is 22.4 Å². The third-order valence-corrected chi connectivity index (χ3v) is 4.77. The fourth-order valence-corrected chi connectivity index (χ4v) is 3.36. The first-order valence-corrected chi connectivity index (χ1v) is 9.35. The van der Waals surface area contributed by atoms with Gasteiger partial charge in [0.05, 0.1) is 12.1 Å². The Labute approximate surface area is 179 Å². The van der Waals surface area contributed by atoms with E-state index in [0.717, 1.165) is 12.1 Å². The molecule has 32 heavy (non-hydrogen) atoms. The zero-order valence-electron chi connectivity index (χ0n) is 16.3. The molecule has 0 bridgehead atoms. The summed E-state index contributed by atoms with van der Waals surface area (Å²) in [5, 5.41) is 9.43. The van der Waals surface area contributed by atoms with Crippen LogP contribution in [-0.2, 0) is 13.2 Å². The SMILES string of the molecule is O=C(O)Oc1cccc2c1ccn2Cc1cc(F)ccc1OCc1cc(F)c(F)c(F)c1. The third kappa shape index (κ3) is 4.36. The second-order valence-electron chi connectivity index (χ2n) is 6.91. The molecule has 4 rings (SSSR count). The van der Waals surface area contributed by atoms with Crippen molar-refractivity contribution in [3.05, 3.63) is 95.2 Å². The Balaban J connectivity index is 1.61. The lowest BCUT2D eigenvalue weighted by atomic mass is 10.1. The van der Waals surface area contributed by atoms with Crippen LogP contribution in [0.2, 0.25) is 0 Å². The van der Waals surface area contributed by atoms with E-state index in [-0.39, 0.29) is 30.2 Å². The summed E-state index contributed by atoms with van der Waals surface area (Å²) in [5.74, 6) is -4.33. The summed E-state index contributed by atoms with van der Waals surface area (Å²) in [6.45, 7) is -0.116. The summed E-state index contributed by atoms with van der Waals surface area (Å²) >= 11 is 0. The van der Waals surface area contributed by atoms with Crippen LogP contribution in [0.1, 0.15) is 11.1 Å². The Kier molecular flexibility index (Phi) is 5.72. The number of halogens is 4. The second kappa shape index (κ2) is 8.62. The maximum atomic E-state index is 13.9. The van der Waals surface area contributed by atoms with E-state index >= 15 is 0 Å². The van der Waals surface area contributed by atoms with Gasteiger partial charge in [0.1, 0.15) is 23.9 Å². The van der Waals surface area contributed by atoms with Crippen molar-refractivity contribution in [2.45, 2.75) is 13.2 Å². The molecule has 5 nitrogen and oxygen atoms in total. The van der Waals surface area contributed by atoms with E-state index in [9.17, 15) is 22.4 Å². The summed E-state index contributed by atoms with van der Waals surface area (Å²) < 4.78 is 66.1. The van der Waals surface area contributed by atoms with Gasteiger partial charge in [0.2, 0.25) is 0 Å². The molecule has 4 aromatic rings. The molecule has 0 radical (unpaired) electrons. The first-order chi connectivity index (χ1) is 15.3. The Hall–Kier alpha value is -4.01. The van der Waals surface area contributed by atoms with Crippen molar-refractivity contribution in [1.29, 1.82) is 0 Å². The highest BCUT2D eigenvalue weighted by molar-refractivity contribution is 5.88. The maximum Gasteiger partial charge on any atom is 0.511 e. The van der Waals surface area contributed by atoms with Gasteiger partial charge in [-0.05, 0) is 54.1 Å². The normalized spacial score (nSPS) is 11.0. The van der Waals surface area contributed by atoms with Crippen molar-refractivity contribution in [2.24, 2.45) is 0 Å². The minimum Gasteiger partial charge on any atom is -0.489 e. The highest BCUT2D eigenvalue weighted by Crippen LogP contribution is 2.29. The number of carboxylic acid groups (broad SMARTS) is 1. The van der Waals surface area contributed by atoms with Crippen molar-refractivity contribution < 1.29 is 36.9 Å². The fourth-order valence-electron chi connectivity index (χ4n) is 3.36. The molecule has 0 amide bonds. The molecule has 0 unspecified atom stereocenters. The van der Waals surface area contributed by atoms with Crippen LogP contribution < -0.4 is 9.47 Å². The molecule has 0 saturated carbocycles. The topological polar surface area (TPSA) is 60.7 Å². The first kappa shape index (κ1) is 21.2. The number of nitrogens with zero attached hydrogens (tertiary/aromatic N) is 1. The minimum absolute atomic E-state index is 0.0681. The molecule has 1 aromatic heterocycles. The van der Waals surface area contributed by atoms with Gasteiger partial charge in [-0.15, -0.1) is 0 Å². The zero-order valence-corrected chi connectivity index (χ0v) is 16.3. The van der Waals surface area contributed by atoms with Crippen molar-refractivity contribution in [3.8, 4) is 11.5 Å². The van der Waals surface area contributed by atoms with E-state index < -0.39 is 29.4 Å². The summed E-state index contributed by atoms with van der Waals surface area (Å²) in [7, 11) is 0. The summed E-state index contributed by atoms with van der Waals surface area (Å²) in [5.41, 5.74) is 1.13. The standard InChI is InChI=1S/C23H15F4NO4/c24-15-4-5-20(31-12-13-8-17(25)22(27)18(26)9-13)14(10-15)11-28-7-6-16-19(28)2-1-3-21(16)32-23(29)30/h1-10H,11-12H2,(H,29,30). The summed E-state index contributed by atoms with van der Waals surface area (Å²) in [6.07, 6.45) is 0.235. The van der Waals surface area contributed by atoms with Gasteiger partial charge >= 0.3 is 6.16 Å². The monoisotopic (exact) mass is 445 g/mol. The van der Waals surface area contributed by atoms with Crippen molar-refractivity contribution >= 4 is 17.1 Å². The zero-order chi connectivity index (χ0) is 22.8. The molecule has 164 valence electrons. The number of aromatic nitrogens is 1. The number of fused-ring (bicyclic) bond motifs is 1. The number of rotatable bonds is 6. The summed E-state index contributed by atoms with van der Waals surface area (Å²) in [6, 6.07) is 12.0. The lowest BCUT2D eigenvalue weighted by Crippen LogP contribution is -2.05. The van der Waals surface area contributed by atoms with E-state index in [1.807, 2.05) is 0 Å². The van der Waals surface area contributed by atoms with Gasteiger partial charge in [-0.2, -0.15) is 0 Å². The van der Waals surface area contributed by atoms with Crippen LogP contribution in [0.25, 0.3) is 10.9 Å². The van der Waals surface area contributed by atoms with Crippen molar-refractivity contribution in [1.82, 2.24) is 4.57 Å². The smallest absolute Gasteiger partial charge is 0.489 e. The van der Waals surface area contributed by atoms with Crippen LogP contribution >= 0.6 is 0 Å². The van der Waals surface area contributed by atoms with Gasteiger partial charge < -0.3 is 19.1 Å². The highest BCUT2D eigenvalue weighted by Gasteiger charge is 2.14. The minimum atomic E-state index is -1.57. The predicted octanol–water partition coefficient (Wildman–Crippen LogP) is 5.88. The molecular formula is C23H15F4NO4. The molecule has 0 spiro atoms. The summed E-state index contributed by atoms with van der Waals surface area (Å²) in [4.78, 5) is 10.9. The van der Waals surface area contributed by atoms with E-state index in [0.29, 0.717) is 16.5 Å². The number of hydrogen-bond donors (Lipinski definition) is 1. The van der Waals surface area contributed by atoms with Crippen LogP contribution in [-0.4, -0.2) is 15.8 Å². The maximum absolute atomic E-state index is 13.9. The van der Waals surface area contributed by atoms with Crippen LogP contribution in [0.15, 0.2) is 60.8 Å². The van der Waals surface area contributed by atoms with Gasteiger partial charge in [-0.25, -0.2) is 22.4 Å². The molecule has 0 fully saturated rings. The van der Waals surface area contributed by atoms with Gasteiger partial charge in [0, 0.05) is 17.1 Å². The predicted molar refractivity (Wildman–Crippen MR) is 107 cm³/mol. The van der Waals surface area contributed by atoms with Gasteiger partial charge in [0.15, 0.2) is 17.5 Å². The average Bonchev–Trinajstić information content (AvgIpc) is 3.15. The van der Waals surface area contributed by atoms with Gasteiger partial charge in [-0.1, -0.05) is 6.07 Å². The molecule has 0 aliphatic rings. The molecule has 3 aromatic carbocycles. The lowest BCUT2D eigenvalue weighted by molar-refractivity contribution is 0.145. The average molecular weight is 445 g/mol. The van der Waals surface area contributed by atoms with Crippen LogP contribution in [0, 0.1) is 23.3 Å². The van der Waals surface area contributed by atoms with Crippen molar-refractivity contribution in [2.75, 3.05) is 0 Å². The fraction of sp³-hybridized carbons (Fsp3) is 0.0870. The molecule has 0 aliphatic carbocycles. The van der Waals surface area contributed by atoms with Gasteiger partial charge in [-0.3, -0.25) is 0 Å². The molecule has 9 heteroatoms. The van der Waals surface area contributed by atoms with Crippen LogP contribution in [0.5, 0.6) is 11.5 Å². The molecule has 0 atom stereocenters. The Morgan fingerprint density at radius 1 is 0.938 bits per heavy atom. The first-order valence-electron chi connectivity index (χ1n) is 9.35. The molecule has 1 heterocycles. The molecular weight excluding hydrogens is 430 g/mol. The largest absolute Gasteiger partial charge is 0.511 e. The Morgan fingerprint density at radius 3 is 2.41 bits per heavy atom. The molecule has 1 N–H and O–H groups in total. The Bertz CT molecular complexity index is 1300. The van der Waals surface area contributed by atoms with Crippen LogP contribution in [0.3, 0.4) is 0 Å². The number of ether oxygens (including phenoxy) is 2. The third-order valence-electron chi connectivity index (χ3n) is 4.77. The molecule has 0 aliphatic heterocycles. The van der Waals surface area contributed by atoms with E-state index in [2.05, 4.69) is 0 Å². The second-order valence-corrected chi connectivity index (χ2v) is 6.91. The van der Waals surface area contributed by atoms with E-state index in [1.54, 1.807) is 29.0 Å². The van der Waals surface area contributed by atoms with E-state index in [1.165, 1.54) is 24.3 Å². The van der Waals surface area contributed by atoms with Gasteiger partial charge in [0.25, 0.3) is 0 Å². The molecule has 0 saturated heterocycles. The number of hydrogen-bond acceptors (Lipinski definition) is 3. The van der Waals surface area contributed by atoms with E-state index in [4.69, 9.17) is 14.6 Å². The van der Waals surface area contributed by atoms with Crippen molar-refractivity contribution in [3.63, 3.8) is 0 Å². The quantitative estimate of drug-likeness (QED) is 0.174. The highest BCUT2D eigenvalue weighted by atomic mass is 19.2. The number of carbonyl (C=O) groups is 1. The Morgan fingerprint density at radius 2 is 1.69 bits per heavy atom. The number of benzene rings is 3.